The van der Waals surface area contributed by atoms with Crippen molar-refractivity contribution in [3.05, 3.63) is 35.4 Å². The zero-order valence-electron chi connectivity index (χ0n) is 12.0. The van der Waals surface area contributed by atoms with Crippen LogP contribution in [0.3, 0.4) is 0 Å². The summed E-state index contributed by atoms with van der Waals surface area (Å²) in [7, 11) is 0. The monoisotopic (exact) mass is 275 g/mol. The third kappa shape index (κ3) is 3.00. The summed E-state index contributed by atoms with van der Waals surface area (Å²) in [5.41, 5.74) is 1.58. The molecule has 0 aliphatic carbocycles. The molecule has 1 aromatic rings. The standard InChI is InChI=1S/C16H21NO3/c1-3-12-7-8-17(14(10-12)16(19)20)15(18)13-6-4-5-11(2)9-13/h4-6,9,12,14H,3,7-8,10H2,1-2H3,(H,19,20). The Labute approximate surface area is 119 Å². The van der Waals surface area contributed by atoms with Crippen LogP contribution in [0.1, 0.15) is 42.1 Å². The Kier molecular flexibility index (Phi) is 4.42. The van der Waals surface area contributed by atoms with Crippen LogP contribution in [-0.4, -0.2) is 34.5 Å². The molecule has 108 valence electrons. The highest BCUT2D eigenvalue weighted by atomic mass is 16.4. The zero-order chi connectivity index (χ0) is 14.7. The number of likely N-dealkylation sites (tertiary alicyclic amines) is 1. The Hall–Kier alpha value is -1.84. The Morgan fingerprint density at radius 3 is 2.75 bits per heavy atom. The molecular formula is C16H21NO3. The molecule has 2 atom stereocenters. The summed E-state index contributed by atoms with van der Waals surface area (Å²) < 4.78 is 0. The molecule has 0 aromatic heterocycles. The molecule has 1 N–H and O–H groups in total. The van der Waals surface area contributed by atoms with Gasteiger partial charge in [0.1, 0.15) is 6.04 Å². The first-order chi connectivity index (χ1) is 9.52. The molecule has 1 aromatic carbocycles. The maximum atomic E-state index is 12.5. The Balaban J connectivity index is 2.21. The lowest BCUT2D eigenvalue weighted by Gasteiger charge is -2.37. The van der Waals surface area contributed by atoms with E-state index in [2.05, 4.69) is 6.92 Å². The van der Waals surface area contributed by atoms with Gasteiger partial charge >= 0.3 is 5.97 Å². The molecule has 1 saturated heterocycles. The second-order valence-corrected chi connectivity index (χ2v) is 5.52. The number of carbonyl (C=O) groups excluding carboxylic acids is 1. The number of benzene rings is 1. The van der Waals surface area contributed by atoms with Gasteiger partial charge in [0.15, 0.2) is 0 Å². The molecule has 0 bridgehead atoms. The van der Waals surface area contributed by atoms with Crippen LogP contribution in [-0.2, 0) is 4.79 Å². The highest BCUT2D eigenvalue weighted by Gasteiger charge is 2.35. The topological polar surface area (TPSA) is 57.6 Å². The van der Waals surface area contributed by atoms with Gasteiger partial charge in [-0.1, -0.05) is 31.0 Å². The number of aliphatic carboxylic acids is 1. The van der Waals surface area contributed by atoms with Crippen molar-refractivity contribution >= 4 is 11.9 Å². The summed E-state index contributed by atoms with van der Waals surface area (Å²) in [5.74, 6) is -0.669. The maximum Gasteiger partial charge on any atom is 0.326 e. The molecule has 4 nitrogen and oxygen atoms in total. The smallest absolute Gasteiger partial charge is 0.326 e. The van der Waals surface area contributed by atoms with Crippen LogP contribution in [0.5, 0.6) is 0 Å². The van der Waals surface area contributed by atoms with Crippen molar-refractivity contribution in [2.75, 3.05) is 6.54 Å². The maximum absolute atomic E-state index is 12.5. The van der Waals surface area contributed by atoms with Gasteiger partial charge in [0, 0.05) is 12.1 Å². The molecule has 20 heavy (non-hydrogen) atoms. The van der Waals surface area contributed by atoms with Gasteiger partial charge in [0.25, 0.3) is 5.91 Å². The predicted octanol–water partition coefficient (Wildman–Crippen LogP) is 2.71. The number of rotatable bonds is 3. The van der Waals surface area contributed by atoms with Crippen molar-refractivity contribution in [3.63, 3.8) is 0 Å². The van der Waals surface area contributed by atoms with Crippen LogP contribution in [0.15, 0.2) is 24.3 Å². The van der Waals surface area contributed by atoms with Crippen LogP contribution in [0.2, 0.25) is 0 Å². The summed E-state index contributed by atoms with van der Waals surface area (Å²) >= 11 is 0. The number of hydrogen-bond acceptors (Lipinski definition) is 2. The van der Waals surface area contributed by atoms with Crippen LogP contribution in [0.25, 0.3) is 0 Å². The van der Waals surface area contributed by atoms with Gasteiger partial charge in [-0.2, -0.15) is 0 Å². The third-order valence-electron chi connectivity index (χ3n) is 4.10. The number of nitrogens with zero attached hydrogens (tertiary/aromatic N) is 1. The number of hydrogen-bond donors (Lipinski definition) is 1. The van der Waals surface area contributed by atoms with E-state index in [1.165, 1.54) is 4.90 Å². The normalized spacial score (nSPS) is 22.6. The molecule has 1 aliphatic heterocycles. The Morgan fingerprint density at radius 2 is 2.15 bits per heavy atom. The molecule has 1 fully saturated rings. The number of carboxylic acid groups (broad SMARTS) is 1. The van der Waals surface area contributed by atoms with Gasteiger partial charge in [-0.3, -0.25) is 4.79 Å². The number of aryl methyl sites for hydroxylation is 1. The Bertz CT molecular complexity index is 512. The van der Waals surface area contributed by atoms with Crippen LogP contribution in [0, 0.1) is 12.8 Å². The van der Waals surface area contributed by atoms with Gasteiger partial charge in [0.2, 0.25) is 0 Å². The zero-order valence-corrected chi connectivity index (χ0v) is 12.0. The minimum absolute atomic E-state index is 0.171. The number of piperidine rings is 1. The number of carboxylic acids is 1. The lowest BCUT2D eigenvalue weighted by Crippen LogP contribution is -2.50. The average molecular weight is 275 g/mol. The fraction of sp³-hybridized carbons (Fsp3) is 0.500. The Morgan fingerprint density at radius 1 is 1.40 bits per heavy atom. The average Bonchev–Trinajstić information content (AvgIpc) is 2.45. The van der Waals surface area contributed by atoms with Gasteiger partial charge < -0.3 is 10.0 Å². The highest BCUT2D eigenvalue weighted by Crippen LogP contribution is 2.27. The summed E-state index contributed by atoms with van der Waals surface area (Å²) in [4.78, 5) is 25.5. The van der Waals surface area contributed by atoms with Gasteiger partial charge in [-0.15, -0.1) is 0 Å². The van der Waals surface area contributed by atoms with E-state index >= 15 is 0 Å². The van der Waals surface area contributed by atoms with E-state index in [9.17, 15) is 14.7 Å². The van der Waals surface area contributed by atoms with Crippen LogP contribution in [0.4, 0.5) is 0 Å². The first kappa shape index (κ1) is 14.6. The molecule has 0 spiro atoms. The second-order valence-electron chi connectivity index (χ2n) is 5.52. The lowest BCUT2D eigenvalue weighted by atomic mass is 9.88. The van der Waals surface area contributed by atoms with Crippen molar-refractivity contribution in [1.29, 1.82) is 0 Å². The first-order valence-corrected chi connectivity index (χ1v) is 7.13. The van der Waals surface area contributed by atoms with E-state index in [1.54, 1.807) is 6.07 Å². The summed E-state index contributed by atoms with van der Waals surface area (Å²) in [6.07, 6.45) is 2.41. The molecule has 1 amide bonds. The summed E-state index contributed by atoms with van der Waals surface area (Å²) in [6, 6.07) is 6.63. The highest BCUT2D eigenvalue weighted by molar-refractivity contribution is 5.96. The SMILES string of the molecule is CCC1CCN(C(=O)c2cccc(C)c2)C(C(=O)O)C1. The van der Waals surface area contributed by atoms with Gasteiger partial charge in [-0.05, 0) is 37.8 Å². The molecule has 2 rings (SSSR count). The number of carbonyl (C=O) groups is 2. The molecular weight excluding hydrogens is 254 g/mol. The lowest BCUT2D eigenvalue weighted by molar-refractivity contribution is -0.144. The van der Waals surface area contributed by atoms with E-state index in [-0.39, 0.29) is 5.91 Å². The van der Waals surface area contributed by atoms with Gasteiger partial charge in [0.05, 0.1) is 0 Å². The summed E-state index contributed by atoms with van der Waals surface area (Å²) in [6.45, 7) is 4.53. The van der Waals surface area contributed by atoms with Crippen LogP contribution >= 0.6 is 0 Å². The quantitative estimate of drug-likeness (QED) is 0.922. The fourth-order valence-corrected chi connectivity index (χ4v) is 2.83. The first-order valence-electron chi connectivity index (χ1n) is 7.13. The van der Waals surface area contributed by atoms with Gasteiger partial charge in [-0.25, -0.2) is 4.79 Å². The third-order valence-corrected chi connectivity index (χ3v) is 4.10. The molecule has 0 radical (unpaired) electrons. The van der Waals surface area contributed by atoms with E-state index in [0.717, 1.165) is 18.4 Å². The van der Waals surface area contributed by atoms with Crippen LogP contribution < -0.4 is 0 Å². The number of amides is 1. The fourth-order valence-electron chi connectivity index (χ4n) is 2.83. The largest absolute Gasteiger partial charge is 0.480 e. The van der Waals surface area contributed by atoms with Crippen molar-refractivity contribution in [2.24, 2.45) is 5.92 Å². The predicted molar refractivity (Wildman–Crippen MR) is 76.7 cm³/mol. The summed E-state index contributed by atoms with van der Waals surface area (Å²) in [5, 5.41) is 9.38. The minimum Gasteiger partial charge on any atom is -0.480 e. The van der Waals surface area contributed by atoms with E-state index < -0.39 is 12.0 Å². The van der Waals surface area contributed by atoms with Crippen molar-refractivity contribution < 1.29 is 14.7 Å². The van der Waals surface area contributed by atoms with Crippen molar-refractivity contribution in [2.45, 2.75) is 39.2 Å². The van der Waals surface area contributed by atoms with Crippen molar-refractivity contribution in [3.8, 4) is 0 Å². The second kappa shape index (κ2) is 6.07. The van der Waals surface area contributed by atoms with E-state index in [1.807, 2.05) is 25.1 Å². The molecule has 1 heterocycles. The van der Waals surface area contributed by atoms with Crippen molar-refractivity contribution in [1.82, 2.24) is 4.90 Å². The van der Waals surface area contributed by atoms with E-state index in [4.69, 9.17) is 0 Å². The molecule has 1 aliphatic rings. The molecule has 2 unspecified atom stereocenters. The molecule has 4 heteroatoms. The van der Waals surface area contributed by atoms with E-state index in [0.29, 0.717) is 24.4 Å². The minimum atomic E-state index is -0.899. The molecule has 0 saturated carbocycles.